The largest absolute Gasteiger partial charge is 0.391 e. The lowest BCUT2D eigenvalue weighted by molar-refractivity contribution is -0.156. The van der Waals surface area contributed by atoms with Crippen LogP contribution < -0.4 is 5.73 Å². The molecule has 5 nitrogen and oxygen atoms in total. The second-order valence-electron chi connectivity index (χ2n) is 5.84. The molecule has 2 rings (SSSR count). The van der Waals surface area contributed by atoms with Crippen molar-refractivity contribution in [3.63, 3.8) is 0 Å². The van der Waals surface area contributed by atoms with Crippen LogP contribution in [0.3, 0.4) is 0 Å². The van der Waals surface area contributed by atoms with E-state index in [-0.39, 0.29) is 22.7 Å². The first-order valence-electron chi connectivity index (χ1n) is 6.71. The van der Waals surface area contributed by atoms with E-state index < -0.39 is 5.54 Å². The van der Waals surface area contributed by atoms with Gasteiger partial charge in [0.1, 0.15) is 5.54 Å². The van der Waals surface area contributed by atoms with Crippen LogP contribution in [0.5, 0.6) is 0 Å². The van der Waals surface area contributed by atoms with E-state index in [0.717, 1.165) is 13.1 Å². The molecule has 0 aromatic rings. The van der Waals surface area contributed by atoms with Crippen LogP contribution in [0, 0.1) is 5.92 Å². The third-order valence-corrected chi connectivity index (χ3v) is 4.63. The summed E-state index contributed by atoms with van der Waals surface area (Å²) >= 11 is 5.20. The standard InChI is InChI=1S/C13H21N3O2S/c1-9-7-10(17)16(11(18)8-9)13(12(14)19)3-5-15(2)6-4-13/h9H,3-8H2,1-2H3,(H2,14,19). The number of nitrogens with two attached hydrogens (primary N) is 1. The lowest BCUT2D eigenvalue weighted by Gasteiger charge is -2.48. The zero-order valence-corrected chi connectivity index (χ0v) is 12.3. The smallest absolute Gasteiger partial charge is 0.230 e. The van der Waals surface area contributed by atoms with Gasteiger partial charge >= 0.3 is 0 Å². The van der Waals surface area contributed by atoms with Crippen LogP contribution >= 0.6 is 12.2 Å². The highest BCUT2D eigenvalue weighted by molar-refractivity contribution is 7.80. The Hall–Kier alpha value is -1.01. The summed E-state index contributed by atoms with van der Waals surface area (Å²) in [5, 5.41) is 0. The van der Waals surface area contributed by atoms with Gasteiger partial charge < -0.3 is 10.6 Å². The van der Waals surface area contributed by atoms with E-state index in [1.165, 1.54) is 4.90 Å². The van der Waals surface area contributed by atoms with Gasteiger partial charge in [0.05, 0.1) is 4.99 Å². The number of rotatable bonds is 2. The minimum atomic E-state index is -0.740. The molecule has 0 bridgehead atoms. The molecule has 106 valence electrons. The number of nitrogens with zero attached hydrogens (tertiary/aromatic N) is 2. The number of imide groups is 1. The first-order chi connectivity index (χ1) is 8.86. The second kappa shape index (κ2) is 5.17. The molecule has 2 amide bonds. The lowest BCUT2D eigenvalue weighted by Crippen LogP contribution is -2.66. The molecule has 2 N–H and O–H groups in total. The number of amides is 2. The van der Waals surface area contributed by atoms with E-state index in [9.17, 15) is 9.59 Å². The highest BCUT2D eigenvalue weighted by Gasteiger charge is 2.49. The van der Waals surface area contributed by atoms with Gasteiger partial charge in [-0.25, -0.2) is 0 Å². The summed E-state index contributed by atoms with van der Waals surface area (Å²) < 4.78 is 0. The number of hydrogen-bond acceptors (Lipinski definition) is 4. The Balaban J connectivity index is 2.31. The zero-order chi connectivity index (χ0) is 14.2. The van der Waals surface area contributed by atoms with Crippen LogP contribution in [0.2, 0.25) is 0 Å². The summed E-state index contributed by atoms with van der Waals surface area (Å²) in [6.45, 7) is 3.52. The molecule has 0 aromatic heterocycles. The molecular weight excluding hydrogens is 262 g/mol. The number of piperidine rings is 2. The molecule has 0 radical (unpaired) electrons. The van der Waals surface area contributed by atoms with Crippen LogP contribution in [0.1, 0.15) is 32.6 Å². The molecule has 0 saturated carbocycles. The summed E-state index contributed by atoms with van der Waals surface area (Å²) in [5.41, 5.74) is 5.16. The van der Waals surface area contributed by atoms with E-state index in [1.54, 1.807) is 0 Å². The second-order valence-corrected chi connectivity index (χ2v) is 6.28. The van der Waals surface area contributed by atoms with Crippen molar-refractivity contribution in [3.05, 3.63) is 0 Å². The van der Waals surface area contributed by atoms with Crippen LogP contribution in [-0.4, -0.2) is 52.3 Å². The van der Waals surface area contributed by atoms with Gasteiger partial charge in [-0.1, -0.05) is 19.1 Å². The summed E-state index contributed by atoms with van der Waals surface area (Å²) in [5.74, 6) is -0.131. The number of thiocarbonyl (C=S) groups is 1. The van der Waals surface area contributed by atoms with Gasteiger partial charge in [0.15, 0.2) is 0 Å². The fourth-order valence-corrected chi connectivity index (χ4v) is 3.33. The zero-order valence-electron chi connectivity index (χ0n) is 11.5. The Morgan fingerprint density at radius 2 is 1.74 bits per heavy atom. The predicted octanol–water partition coefficient (Wildman–Crippen LogP) is 0.522. The van der Waals surface area contributed by atoms with Crippen LogP contribution in [-0.2, 0) is 9.59 Å². The minimum Gasteiger partial charge on any atom is -0.391 e. The number of likely N-dealkylation sites (tertiary alicyclic amines) is 2. The molecule has 6 heteroatoms. The first kappa shape index (κ1) is 14.4. The fraction of sp³-hybridized carbons (Fsp3) is 0.769. The monoisotopic (exact) mass is 283 g/mol. The van der Waals surface area contributed by atoms with Crippen molar-refractivity contribution in [1.29, 1.82) is 0 Å². The SMILES string of the molecule is CC1CC(=O)N(C2(C(N)=S)CCN(C)CC2)C(=O)C1. The fourth-order valence-electron chi connectivity index (χ4n) is 3.04. The van der Waals surface area contributed by atoms with E-state index in [2.05, 4.69) is 4.90 Å². The average molecular weight is 283 g/mol. The van der Waals surface area contributed by atoms with Gasteiger partial charge in [-0.05, 0) is 25.8 Å². The third-order valence-electron chi connectivity index (χ3n) is 4.25. The molecule has 0 unspecified atom stereocenters. The Labute approximate surface area is 119 Å². The highest BCUT2D eigenvalue weighted by atomic mass is 32.1. The molecule has 2 aliphatic heterocycles. The summed E-state index contributed by atoms with van der Waals surface area (Å²) in [4.78, 5) is 28.4. The topological polar surface area (TPSA) is 66.6 Å². The molecule has 0 aromatic carbocycles. The molecule has 2 aliphatic rings. The molecule has 0 atom stereocenters. The van der Waals surface area contributed by atoms with Gasteiger partial charge in [0.2, 0.25) is 11.8 Å². The summed E-state index contributed by atoms with van der Waals surface area (Å²) in [7, 11) is 2.02. The van der Waals surface area contributed by atoms with E-state index in [1.807, 2.05) is 14.0 Å². The van der Waals surface area contributed by atoms with Gasteiger partial charge in [-0.15, -0.1) is 0 Å². The van der Waals surface area contributed by atoms with Crippen LogP contribution in [0.15, 0.2) is 0 Å². The quantitative estimate of drug-likeness (QED) is 0.591. The van der Waals surface area contributed by atoms with E-state index in [4.69, 9.17) is 18.0 Å². The van der Waals surface area contributed by atoms with Gasteiger partial charge in [0, 0.05) is 25.9 Å². The Morgan fingerprint density at radius 1 is 1.26 bits per heavy atom. The van der Waals surface area contributed by atoms with Crippen LogP contribution in [0.25, 0.3) is 0 Å². The molecule has 19 heavy (non-hydrogen) atoms. The molecule has 0 aliphatic carbocycles. The minimum absolute atomic E-state index is 0.117. The predicted molar refractivity (Wildman–Crippen MR) is 76.5 cm³/mol. The molecule has 2 heterocycles. The molecule has 2 fully saturated rings. The van der Waals surface area contributed by atoms with Crippen molar-refractivity contribution < 1.29 is 9.59 Å². The van der Waals surface area contributed by atoms with Crippen molar-refractivity contribution in [1.82, 2.24) is 9.80 Å². The van der Waals surface area contributed by atoms with E-state index in [0.29, 0.717) is 25.7 Å². The lowest BCUT2D eigenvalue weighted by atomic mass is 9.82. The summed E-state index contributed by atoms with van der Waals surface area (Å²) in [6, 6.07) is 0. The van der Waals surface area contributed by atoms with Crippen molar-refractivity contribution in [2.75, 3.05) is 20.1 Å². The Kier molecular flexibility index (Phi) is 3.92. The highest BCUT2D eigenvalue weighted by Crippen LogP contribution is 2.34. The van der Waals surface area contributed by atoms with Gasteiger partial charge in [-0.2, -0.15) is 0 Å². The van der Waals surface area contributed by atoms with Crippen molar-refractivity contribution in [3.8, 4) is 0 Å². The van der Waals surface area contributed by atoms with Gasteiger partial charge in [0.25, 0.3) is 0 Å². The first-order valence-corrected chi connectivity index (χ1v) is 7.12. The maximum absolute atomic E-state index is 12.3. The number of hydrogen-bond donors (Lipinski definition) is 1. The molecular formula is C13H21N3O2S. The van der Waals surface area contributed by atoms with Crippen LogP contribution in [0.4, 0.5) is 0 Å². The van der Waals surface area contributed by atoms with Crippen molar-refractivity contribution >= 4 is 29.0 Å². The number of carbonyl (C=O) groups excluding carboxylic acids is 2. The normalized spacial score (nSPS) is 25.7. The maximum Gasteiger partial charge on any atom is 0.230 e. The maximum atomic E-state index is 12.3. The van der Waals surface area contributed by atoms with Crippen molar-refractivity contribution in [2.45, 2.75) is 38.1 Å². The van der Waals surface area contributed by atoms with Gasteiger partial charge in [-0.3, -0.25) is 14.5 Å². The molecule has 0 spiro atoms. The summed E-state index contributed by atoms with van der Waals surface area (Å²) in [6.07, 6.45) is 2.10. The Morgan fingerprint density at radius 3 is 2.16 bits per heavy atom. The third kappa shape index (κ3) is 2.51. The molecule has 2 saturated heterocycles. The average Bonchev–Trinajstić information content (AvgIpc) is 2.30. The van der Waals surface area contributed by atoms with Crippen molar-refractivity contribution in [2.24, 2.45) is 11.7 Å². The Bertz CT molecular complexity index is 398. The van der Waals surface area contributed by atoms with E-state index >= 15 is 0 Å². The number of carbonyl (C=O) groups is 2.